The molecule has 2 heteroatoms. The van der Waals surface area contributed by atoms with Crippen molar-refractivity contribution in [1.82, 2.24) is 0 Å². The summed E-state index contributed by atoms with van der Waals surface area (Å²) in [7, 11) is 0. The van der Waals surface area contributed by atoms with Crippen LogP contribution in [-0.2, 0) is 0 Å². The van der Waals surface area contributed by atoms with Gasteiger partial charge in [0.2, 0.25) is 0 Å². The predicted octanol–water partition coefficient (Wildman–Crippen LogP) is 18.3. The number of para-hydroxylation sites is 2. The number of furan rings is 1. The number of hydrogen-bond donors (Lipinski definition) is 0. The fourth-order valence-electron chi connectivity index (χ4n) is 10.3. The Bertz CT molecular complexity index is 3980. The molecule has 0 fully saturated rings. The molecular weight excluding hydrogens is 799 g/mol. The number of hydrogen-bond acceptors (Lipinski definition) is 2. The van der Waals surface area contributed by atoms with E-state index in [1.807, 2.05) is 0 Å². The highest BCUT2D eigenvalue weighted by Gasteiger charge is 2.25. The second kappa shape index (κ2) is 15.5. The van der Waals surface area contributed by atoms with Crippen LogP contribution in [-0.4, -0.2) is 0 Å². The maximum absolute atomic E-state index is 6.97. The molecule has 0 bridgehead atoms. The first kappa shape index (κ1) is 37.8. The zero-order valence-corrected chi connectivity index (χ0v) is 36.0. The zero-order chi connectivity index (χ0) is 43.6. The van der Waals surface area contributed by atoms with Crippen molar-refractivity contribution >= 4 is 82.1 Å². The Morgan fingerprint density at radius 3 is 1.62 bits per heavy atom. The third-order valence-electron chi connectivity index (χ3n) is 13.4. The topological polar surface area (TPSA) is 16.4 Å². The standard InChI is InChI=1S/C64H41NO/c1-2-16-42(17-3-1)45-20-14-21-46(38-45)47-22-15-23-50(40-47)65(61-37-36-52(48-33-32-43-18-4-5-19-44(43)39-48)64-63(61)58-29-11-13-31-62(58)66-64)60-30-12-10-24-51(60)49-34-35-57-55-27-7-6-25-53(55)54-26-8-9-28-56(54)59(57)41-49/h1-41H. The van der Waals surface area contributed by atoms with Crippen molar-refractivity contribution in [2.75, 3.05) is 4.90 Å². The molecule has 12 aromatic carbocycles. The van der Waals surface area contributed by atoms with Crippen molar-refractivity contribution in [3.05, 3.63) is 249 Å². The molecule has 0 spiro atoms. The second-order valence-electron chi connectivity index (χ2n) is 17.2. The Labute approximate surface area is 382 Å². The lowest BCUT2D eigenvalue weighted by molar-refractivity contribution is 0.670. The highest BCUT2D eigenvalue weighted by Crippen LogP contribution is 2.49. The Morgan fingerprint density at radius 2 is 0.833 bits per heavy atom. The van der Waals surface area contributed by atoms with Crippen LogP contribution in [0.5, 0.6) is 0 Å². The number of rotatable bonds is 7. The van der Waals surface area contributed by atoms with Crippen LogP contribution >= 0.6 is 0 Å². The van der Waals surface area contributed by atoms with E-state index < -0.39 is 0 Å². The van der Waals surface area contributed by atoms with Gasteiger partial charge in [-0.3, -0.25) is 0 Å². The molecule has 0 aliphatic heterocycles. The van der Waals surface area contributed by atoms with Gasteiger partial charge in [-0.05, 0) is 131 Å². The average molecular weight is 840 g/mol. The molecule has 66 heavy (non-hydrogen) atoms. The quantitative estimate of drug-likeness (QED) is 0.149. The van der Waals surface area contributed by atoms with Crippen LogP contribution in [0, 0.1) is 0 Å². The van der Waals surface area contributed by atoms with Crippen LogP contribution in [0.2, 0.25) is 0 Å². The number of benzene rings is 12. The summed E-state index contributed by atoms with van der Waals surface area (Å²) in [5, 5.41) is 12.1. The lowest BCUT2D eigenvalue weighted by atomic mass is 9.91. The van der Waals surface area contributed by atoms with E-state index in [9.17, 15) is 0 Å². The summed E-state index contributed by atoms with van der Waals surface area (Å²) in [6.07, 6.45) is 0. The van der Waals surface area contributed by atoms with Gasteiger partial charge in [0.05, 0.1) is 16.8 Å². The fraction of sp³-hybridized carbons (Fsp3) is 0. The molecule has 1 heterocycles. The van der Waals surface area contributed by atoms with Crippen molar-refractivity contribution in [2.45, 2.75) is 0 Å². The molecule has 0 N–H and O–H groups in total. The van der Waals surface area contributed by atoms with Gasteiger partial charge in [0.15, 0.2) is 0 Å². The molecule has 308 valence electrons. The molecule has 0 saturated heterocycles. The largest absolute Gasteiger partial charge is 0.455 e. The van der Waals surface area contributed by atoms with Crippen molar-refractivity contribution in [3.63, 3.8) is 0 Å². The molecule has 0 amide bonds. The van der Waals surface area contributed by atoms with Gasteiger partial charge in [0.25, 0.3) is 0 Å². The molecule has 0 aliphatic carbocycles. The monoisotopic (exact) mass is 839 g/mol. The first-order valence-corrected chi connectivity index (χ1v) is 22.7. The molecule has 1 aromatic heterocycles. The van der Waals surface area contributed by atoms with Crippen LogP contribution in [0.1, 0.15) is 0 Å². The van der Waals surface area contributed by atoms with E-state index in [1.54, 1.807) is 0 Å². The predicted molar refractivity (Wildman–Crippen MR) is 280 cm³/mol. The van der Waals surface area contributed by atoms with E-state index in [4.69, 9.17) is 4.42 Å². The molecular formula is C64H41NO. The second-order valence-corrected chi connectivity index (χ2v) is 17.2. The van der Waals surface area contributed by atoms with Gasteiger partial charge in [0, 0.05) is 22.2 Å². The molecule has 13 rings (SSSR count). The van der Waals surface area contributed by atoms with Crippen molar-refractivity contribution < 1.29 is 4.42 Å². The molecule has 2 nitrogen and oxygen atoms in total. The van der Waals surface area contributed by atoms with Gasteiger partial charge in [0.1, 0.15) is 11.2 Å². The average Bonchev–Trinajstić information content (AvgIpc) is 3.79. The van der Waals surface area contributed by atoms with Crippen molar-refractivity contribution in [3.8, 4) is 44.5 Å². The minimum Gasteiger partial charge on any atom is -0.455 e. The van der Waals surface area contributed by atoms with Gasteiger partial charge in [-0.2, -0.15) is 0 Å². The van der Waals surface area contributed by atoms with E-state index in [1.165, 1.54) is 54.2 Å². The van der Waals surface area contributed by atoms with Crippen LogP contribution in [0.25, 0.3) is 110 Å². The molecule has 0 atom stereocenters. The first-order chi connectivity index (χ1) is 32.7. The third-order valence-corrected chi connectivity index (χ3v) is 13.4. The Balaban J connectivity index is 1.07. The van der Waals surface area contributed by atoms with Gasteiger partial charge >= 0.3 is 0 Å². The summed E-state index contributed by atoms with van der Waals surface area (Å²) in [5.74, 6) is 0. The summed E-state index contributed by atoms with van der Waals surface area (Å²) < 4.78 is 6.97. The number of nitrogens with zero attached hydrogens (tertiary/aromatic N) is 1. The van der Waals surface area contributed by atoms with E-state index >= 15 is 0 Å². The minimum atomic E-state index is 0.857. The van der Waals surface area contributed by atoms with E-state index in [2.05, 4.69) is 254 Å². The molecule has 0 aliphatic rings. The summed E-state index contributed by atoms with van der Waals surface area (Å²) in [5.41, 5.74) is 14.0. The molecule has 0 radical (unpaired) electrons. The SMILES string of the molecule is c1ccc(-c2cccc(-c3cccc(N(c4ccccc4-c4ccc5c6ccccc6c6ccccc6c5c4)c4ccc(-c5ccc6ccccc6c5)c5oc6ccccc6c45)c3)c2)cc1. The normalized spacial score (nSPS) is 11.6. The maximum Gasteiger partial charge on any atom is 0.145 e. The summed E-state index contributed by atoms with van der Waals surface area (Å²) in [4.78, 5) is 2.46. The summed E-state index contributed by atoms with van der Waals surface area (Å²) >= 11 is 0. The van der Waals surface area contributed by atoms with Gasteiger partial charge < -0.3 is 9.32 Å². The van der Waals surface area contributed by atoms with E-state index in [0.717, 1.165) is 72.4 Å². The van der Waals surface area contributed by atoms with Crippen LogP contribution in [0.3, 0.4) is 0 Å². The van der Waals surface area contributed by atoms with Gasteiger partial charge in [-0.15, -0.1) is 0 Å². The van der Waals surface area contributed by atoms with Crippen molar-refractivity contribution in [1.29, 1.82) is 0 Å². The minimum absolute atomic E-state index is 0.857. The molecule has 13 aromatic rings. The Hall–Kier alpha value is -8.72. The maximum atomic E-state index is 6.97. The van der Waals surface area contributed by atoms with Crippen LogP contribution < -0.4 is 4.90 Å². The van der Waals surface area contributed by atoms with Gasteiger partial charge in [-0.1, -0.05) is 194 Å². The molecule has 0 saturated carbocycles. The number of anilines is 3. The van der Waals surface area contributed by atoms with Crippen LogP contribution in [0.4, 0.5) is 17.1 Å². The fourth-order valence-corrected chi connectivity index (χ4v) is 10.3. The zero-order valence-electron chi connectivity index (χ0n) is 36.0. The number of fused-ring (bicyclic) bond motifs is 10. The van der Waals surface area contributed by atoms with E-state index in [0.29, 0.717) is 0 Å². The Morgan fingerprint density at radius 1 is 0.273 bits per heavy atom. The van der Waals surface area contributed by atoms with E-state index in [-0.39, 0.29) is 0 Å². The molecule has 0 unspecified atom stereocenters. The Kier molecular flexibility index (Phi) is 8.89. The van der Waals surface area contributed by atoms with Gasteiger partial charge in [-0.25, -0.2) is 0 Å². The highest BCUT2D eigenvalue weighted by molar-refractivity contribution is 6.26. The lowest BCUT2D eigenvalue weighted by Crippen LogP contribution is -2.12. The smallest absolute Gasteiger partial charge is 0.145 e. The summed E-state index contributed by atoms with van der Waals surface area (Å²) in [6, 6.07) is 90.3. The third kappa shape index (κ3) is 6.26. The summed E-state index contributed by atoms with van der Waals surface area (Å²) in [6.45, 7) is 0. The van der Waals surface area contributed by atoms with Crippen molar-refractivity contribution in [2.24, 2.45) is 0 Å². The van der Waals surface area contributed by atoms with Crippen LogP contribution in [0.15, 0.2) is 253 Å². The first-order valence-electron chi connectivity index (χ1n) is 22.7. The lowest BCUT2D eigenvalue weighted by Gasteiger charge is -2.29. The highest BCUT2D eigenvalue weighted by atomic mass is 16.3.